The molecule has 0 saturated carbocycles. The average Bonchev–Trinajstić information content (AvgIpc) is 3.41. The maximum Gasteiger partial charge on any atom is 0.258 e. The lowest BCUT2D eigenvalue weighted by Crippen LogP contribution is -2.24. The van der Waals surface area contributed by atoms with Crippen LogP contribution < -0.4 is 10.6 Å². The number of aryl methyl sites for hydroxylation is 1. The second-order valence-corrected chi connectivity index (χ2v) is 9.71. The molecule has 3 N–H and O–H groups in total. The van der Waals surface area contributed by atoms with Gasteiger partial charge >= 0.3 is 0 Å². The van der Waals surface area contributed by atoms with Crippen LogP contribution in [0.1, 0.15) is 54.1 Å². The molecule has 4 aromatic carbocycles. The van der Waals surface area contributed by atoms with Gasteiger partial charge in [-0.25, -0.2) is 0 Å². The largest absolute Gasteiger partial charge is 0.392 e. The van der Waals surface area contributed by atoms with Crippen LogP contribution in [-0.2, 0) is 19.6 Å². The molecule has 2 aliphatic rings. The number of aliphatic hydroxyl groups excluding tert-OH is 1. The molecule has 1 aliphatic carbocycles. The Labute approximate surface area is 209 Å². The van der Waals surface area contributed by atoms with Gasteiger partial charge in [0.05, 0.1) is 13.2 Å². The van der Waals surface area contributed by atoms with Gasteiger partial charge in [0, 0.05) is 16.8 Å². The van der Waals surface area contributed by atoms with Crippen LogP contribution in [0.2, 0.25) is 0 Å². The van der Waals surface area contributed by atoms with Crippen molar-refractivity contribution in [3.8, 4) is 22.3 Å². The number of nitrogens with zero attached hydrogens (tertiary/aromatic N) is 1. The van der Waals surface area contributed by atoms with Gasteiger partial charge in [0.1, 0.15) is 0 Å². The highest BCUT2D eigenvalue weighted by Gasteiger charge is 2.31. The lowest BCUT2D eigenvalue weighted by molar-refractivity contribution is 0.0989. The topological polar surface area (TPSA) is 83.6 Å². The smallest absolute Gasteiger partial charge is 0.258 e. The summed E-state index contributed by atoms with van der Waals surface area (Å²) in [7, 11) is 0. The first-order chi connectivity index (χ1) is 17.4. The molecular formula is C31H26N2O3. The number of anilines is 1. The first kappa shape index (κ1) is 22.3. The zero-order valence-electron chi connectivity index (χ0n) is 20.3. The van der Waals surface area contributed by atoms with Gasteiger partial charge in [0.25, 0.3) is 5.91 Å². The van der Waals surface area contributed by atoms with Gasteiger partial charge in [0.15, 0.2) is 0 Å². The van der Waals surface area contributed by atoms with E-state index in [1.54, 1.807) is 6.07 Å². The van der Waals surface area contributed by atoms with Crippen molar-refractivity contribution in [3.63, 3.8) is 0 Å². The normalized spacial score (nSPS) is 13.5. The summed E-state index contributed by atoms with van der Waals surface area (Å²) in [5.41, 5.74) is 17.9. The Kier molecular flexibility index (Phi) is 5.06. The van der Waals surface area contributed by atoms with Crippen LogP contribution >= 0.6 is 0 Å². The van der Waals surface area contributed by atoms with Crippen molar-refractivity contribution < 1.29 is 14.7 Å². The van der Waals surface area contributed by atoms with E-state index in [-0.39, 0.29) is 12.5 Å². The monoisotopic (exact) mass is 474 g/mol. The number of amides is 2. The van der Waals surface area contributed by atoms with Gasteiger partial charge in [-0.2, -0.15) is 0 Å². The third-order valence-electron chi connectivity index (χ3n) is 7.52. The summed E-state index contributed by atoms with van der Waals surface area (Å²) in [6.45, 7) is 4.56. The van der Waals surface area contributed by atoms with Crippen molar-refractivity contribution in [2.24, 2.45) is 5.73 Å². The molecule has 5 heteroatoms. The molecule has 0 fully saturated rings. The van der Waals surface area contributed by atoms with Gasteiger partial charge in [-0.3, -0.25) is 9.59 Å². The van der Waals surface area contributed by atoms with Crippen LogP contribution in [0.5, 0.6) is 0 Å². The van der Waals surface area contributed by atoms with Gasteiger partial charge in [-0.1, -0.05) is 54.1 Å². The summed E-state index contributed by atoms with van der Waals surface area (Å²) < 4.78 is 0. The Bertz CT molecular complexity index is 1600. The number of hydrogen-bond acceptors (Lipinski definition) is 3. The van der Waals surface area contributed by atoms with Crippen molar-refractivity contribution >= 4 is 17.5 Å². The molecule has 178 valence electrons. The lowest BCUT2D eigenvalue weighted by Gasteiger charge is -2.22. The molecule has 0 unspecified atom stereocenters. The highest BCUT2D eigenvalue weighted by Crippen LogP contribution is 2.46. The van der Waals surface area contributed by atoms with Crippen molar-refractivity contribution in [2.45, 2.75) is 33.4 Å². The molecule has 0 bridgehead atoms. The minimum absolute atomic E-state index is 0.0186. The fourth-order valence-corrected chi connectivity index (χ4v) is 5.74. The summed E-state index contributed by atoms with van der Waals surface area (Å²) in [5.74, 6) is -0.431. The Morgan fingerprint density at radius 3 is 2.50 bits per heavy atom. The number of nitrogens with two attached hydrogens (primary N) is 1. The summed E-state index contributed by atoms with van der Waals surface area (Å²) in [6.07, 6.45) is 0.586. The molecule has 4 aromatic rings. The molecule has 0 radical (unpaired) electrons. The van der Waals surface area contributed by atoms with Crippen LogP contribution in [0.15, 0.2) is 66.7 Å². The van der Waals surface area contributed by atoms with E-state index in [1.807, 2.05) is 73.3 Å². The van der Waals surface area contributed by atoms with E-state index in [0.29, 0.717) is 18.5 Å². The number of rotatable bonds is 4. The van der Waals surface area contributed by atoms with Crippen LogP contribution in [-0.4, -0.2) is 16.9 Å². The number of aliphatic hydroxyl groups is 1. The second-order valence-electron chi connectivity index (χ2n) is 9.71. The number of fused-ring (bicyclic) bond motifs is 4. The van der Waals surface area contributed by atoms with Crippen molar-refractivity contribution in [1.29, 1.82) is 0 Å². The van der Waals surface area contributed by atoms with E-state index in [9.17, 15) is 14.7 Å². The fourth-order valence-electron chi connectivity index (χ4n) is 5.74. The van der Waals surface area contributed by atoms with Gasteiger partial charge < -0.3 is 15.7 Å². The summed E-state index contributed by atoms with van der Waals surface area (Å²) in [4.78, 5) is 27.5. The summed E-state index contributed by atoms with van der Waals surface area (Å²) in [5, 5.41) is 9.63. The predicted octanol–water partition coefficient (Wildman–Crippen LogP) is 5.29. The minimum Gasteiger partial charge on any atom is -0.392 e. The van der Waals surface area contributed by atoms with E-state index >= 15 is 0 Å². The van der Waals surface area contributed by atoms with E-state index in [4.69, 9.17) is 5.73 Å². The molecule has 0 saturated heterocycles. The van der Waals surface area contributed by atoms with Crippen molar-refractivity contribution in [2.75, 3.05) is 4.90 Å². The van der Waals surface area contributed by atoms with E-state index in [2.05, 4.69) is 6.07 Å². The summed E-state index contributed by atoms with van der Waals surface area (Å²) in [6, 6.07) is 21.8. The summed E-state index contributed by atoms with van der Waals surface area (Å²) >= 11 is 0. The zero-order valence-corrected chi connectivity index (χ0v) is 20.3. The maximum atomic E-state index is 13.3. The Morgan fingerprint density at radius 1 is 0.917 bits per heavy atom. The highest BCUT2D eigenvalue weighted by molar-refractivity contribution is 6.11. The second kappa shape index (κ2) is 8.18. The number of primary amides is 1. The standard InChI is InChI=1S/C31H26N2O3/c1-17-6-8-20-15-33(31(36)26(20)12-17)28-5-3-4-22(18(28)2)24-10-11-25(30(32)35)27-14-21-13-19(16-34)7-9-23(21)29(24)27/h3-13,34H,14-16H2,1-2H3,(H2,32,35). The molecule has 36 heavy (non-hydrogen) atoms. The molecule has 2 amide bonds. The Morgan fingerprint density at radius 2 is 1.72 bits per heavy atom. The third kappa shape index (κ3) is 3.28. The van der Waals surface area contributed by atoms with E-state index < -0.39 is 5.91 Å². The van der Waals surface area contributed by atoms with E-state index in [0.717, 1.165) is 66.9 Å². The minimum atomic E-state index is -0.450. The maximum absolute atomic E-state index is 13.3. The first-order valence-electron chi connectivity index (χ1n) is 12.1. The average molecular weight is 475 g/mol. The molecule has 1 aliphatic heterocycles. The first-order valence-corrected chi connectivity index (χ1v) is 12.1. The third-order valence-corrected chi connectivity index (χ3v) is 7.52. The fraction of sp³-hybridized carbons (Fsp3) is 0.161. The van der Waals surface area contributed by atoms with Crippen molar-refractivity contribution in [3.05, 3.63) is 111 Å². The number of benzene rings is 4. The van der Waals surface area contributed by atoms with Crippen LogP contribution in [0.25, 0.3) is 22.3 Å². The molecular weight excluding hydrogens is 448 g/mol. The molecule has 6 rings (SSSR count). The lowest BCUT2D eigenvalue weighted by atomic mass is 9.89. The molecule has 0 aromatic heterocycles. The number of hydrogen-bond donors (Lipinski definition) is 2. The van der Waals surface area contributed by atoms with Crippen LogP contribution in [0.3, 0.4) is 0 Å². The van der Waals surface area contributed by atoms with Crippen molar-refractivity contribution in [1.82, 2.24) is 0 Å². The van der Waals surface area contributed by atoms with Gasteiger partial charge in [-0.15, -0.1) is 0 Å². The van der Waals surface area contributed by atoms with E-state index in [1.165, 1.54) is 0 Å². The number of carbonyl (C=O) groups is 2. The Balaban J connectivity index is 1.51. The SMILES string of the molecule is Cc1ccc2c(c1)C(=O)N(c1cccc(-c3ccc(C(N)=O)c4c3-c3ccc(CO)cc3C4)c1C)C2. The highest BCUT2D eigenvalue weighted by atomic mass is 16.3. The number of carbonyl (C=O) groups excluding carboxylic acids is 2. The predicted molar refractivity (Wildman–Crippen MR) is 141 cm³/mol. The molecule has 5 nitrogen and oxygen atoms in total. The van der Waals surface area contributed by atoms with Crippen LogP contribution in [0.4, 0.5) is 5.69 Å². The molecule has 1 heterocycles. The molecule has 0 atom stereocenters. The zero-order chi connectivity index (χ0) is 25.1. The molecule has 0 spiro atoms. The quantitative estimate of drug-likeness (QED) is 0.371. The van der Waals surface area contributed by atoms with Gasteiger partial charge in [0.2, 0.25) is 5.91 Å². The Hall–Kier alpha value is -4.22. The van der Waals surface area contributed by atoms with Gasteiger partial charge in [-0.05, 0) is 88.5 Å². The van der Waals surface area contributed by atoms with Crippen LogP contribution in [0, 0.1) is 13.8 Å².